The Morgan fingerprint density at radius 2 is 2.50 bits per heavy atom. The van der Waals surface area contributed by atoms with Crippen LogP contribution in [0.5, 0.6) is 0 Å². The van der Waals surface area contributed by atoms with E-state index in [1.54, 1.807) is 0 Å². The van der Waals surface area contributed by atoms with E-state index in [2.05, 4.69) is 10.1 Å². The molecule has 0 saturated carbocycles. The molecule has 1 heterocycles. The summed E-state index contributed by atoms with van der Waals surface area (Å²) in [6.07, 6.45) is 4.15. The first-order chi connectivity index (χ1) is 4.84. The van der Waals surface area contributed by atoms with Crippen molar-refractivity contribution in [2.45, 2.75) is 19.8 Å². The van der Waals surface area contributed by atoms with Crippen LogP contribution in [-0.2, 0) is 0 Å². The van der Waals surface area contributed by atoms with E-state index in [-0.39, 0.29) is 5.91 Å². The molecule has 0 unspecified atom stereocenters. The van der Waals surface area contributed by atoms with Gasteiger partial charge in [0.05, 0.1) is 0 Å². The largest absolute Gasteiger partial charge is 0.273 e. The van der Waals surface area contributed by atoms with Crippen molar-refractivity contribution in [3.8, 4) is 0 Å². The number of aromatic nitrogens is 3. The van der Waals surface area contributed by atoms with Crippen LogP contribution in [0.25, 0.3) is 0 Å². The van der Waals surface area contributed by atoms with E-state index in [4.69, 9.17) is 0 Å². The van der Waals surface area contributed by atoms with E-state index in [0.29, 0.717) is 6.42 Å². The molecule has 54 valence electrons. The van der Waals surface area contributed by atoms with Crippen molar-refractivity contribution >= 4 is 5.91 Å². The van der Waals surface area contributed by atoms with E-state index < -0.39 is 0 Å². The van der Waals surface area contributed by atoms with Gasteiger partial charge in [-0.15, -0.1) is 0 Å². The van der Waals surface area contributed by atoms with Gasteiger partial charge in [-0.25, -0.2) is 4.98 Å². The second kappa shape index (κ2) is 3.10. The molecule has 0 aromatic carbocycles. The van der Waals surface area contributed by atoms with Crippen molar-refractivity contribution in [2.24, 2.45) is 0 Å². The van der Waals surface area contributed by atoms with Crippen LogP contribution in [0.2, 0.25) is 0 Å². The molecule has 0 saturated heterocycles. The Labute approximate surface area is 58.9 Å². The minimum absolute atomic E-state index is 0.000000000000000444. The minimum Gasteiger partial charge on any atom is -0.273 e. The molecule has 0 aliphatic heterocycles. The second-order valence-electron chi connectivity index (χ2n) is 1.98. The summed E-state index contributed by atoms with van der Waals surface area (Å²) in [6, 6.07) is 0. The number of carbonyl (C=O) groups excluding carboxylic acids is 1. The zero-order valence-electron chi connectivity index (χ0n) is 5.82. The predicted octanol–water partition coefficient (Wildman–Crippen LogP) is 0.718. The molecule has 0 spiro atoms. The molecule has 0 amide bonds. The first-order valence-corrected chi connectivity index (χ1v) is 3.22. The number of nitrogens with zero attached hydrogens (tertiary/aromatic N) is 3. The zero-order chi connectivity index (χ0) is 7.40. The number of hydrogen-bond acceptors (Lipinski definition) is 3. The van der Waals surface area contributed by atoms with Crippen LogP contribution in [0.1, 0.15) is 24.6 Å². The van der Waals surface area contributed by atoms with Gasteiger partial charge in [0.1, 0.15) is 12.7 Å². The summed E-state index contributed by atoms with van der Waals surface area (Å²) >= 11 is 0. The highest BCUT2D eigenvalue weighted by molar-refractivity contribution is 5.77. The van der Waals surface area contributed by atoms with Crippen molar-refractivity contribution in [2.75, 3.05) is 0 Å². The van der Waals surface area contributed by atoms with Gasteiger partial charge in [0, 0.05) is 6.42 Å². The topological polar surface area (TPSA) is 47.8 Å². The third kappa shape index (κ3) is 1.40. The summed E-state index contributed by atoms with van der Waals surface area (Å²) in [5.41, 5.74) is 0. The summed E-state index contributed by atoms with van der Waals surface area (Å²) in [5.74, 6) is 0.000000000000000444. The molecule has 0 fully saturated rings. The normalized spacial score (nSPS) is 9.70. The van der Waals surface area contributed by atoms with E-state index in [1.807, 2.05) is 6.92 Å². The SMILES string of the molecule is CCCC(=O)n1cncn1. The van der Waals surface area contributed by atoms with Gasteiger partial charge in [-0.1, -0.05) is 6.92 Å². The highest BCUT2D eigenvalue weighted by Gasteiger charge is 2.01. The van der Waals surface area contributed by atoms with Gasteiger partial charge in [0.25, 0.3) is 0 Å². The Bertz CT molecular complexity index is 205. The summed E-state index contributed by atoms with van der Waals surface area (Å²) < 4.78 is 1.25. The lowest BCUT2D eigenvalue weighted by Crippen LogP contribution is -2.09. The molecule has 0 atom stereocenters. The molecule has 0 bridgehead atoms. The van der Waals surface area contributed by atoms with Crippen molar-refractivity contribution in [1.82, 2.24) is 14.8 Å². The molecule has 0 N–H and O–H groups in total. The number of hydrogen-bond donors (Lipinski definition) is 0. The Hall–Kier alpha value is -1.19. The van der Waals surface area contributed by atoms with E-state index in [9.17, 15) is 4.79 Å². The Morgan fingerprint density at radius 1 is 1.70 bits per heavy atom. The lowest BCUT2D eigenvalue weighted by Gasteiger charge is -1.93. The third-order valence-corrected chi connectivity index (χ3v) is 1.14. The van der Waals surface area contributed by atoms with Gasteiger partial charge in [-0.2, -0.15) is 9.78 Å². The van der Waals surface area contributed by atoms with Crippen molar-refractivity contribution < 1.29 is 4.79 Å². The van der Waals surface area contributed by atoms with E-state index >= 15 is 0 Å². The van der Waals surface area contributed by atoms with Gasteiger partial charge < -0.3 is 0 Å². The van der Waals surface area contributed by atoms with Crippen molar-refractivity contribution in [3.05, 3.63) is 12.7 Å². The molecule has 1 rings (SSSR count). The minimum atomic E-state index is 0.000000000000000444. The first kappa shape index (κ1) is 6.92. The van der Waals surface area contributed by atoms with Crippen LogP contribution in [0.4, 0.5) is 0 Å². The van der Waals surface area contributed by atoms with Crippen LogP contribution in [0.3, 0.4) is 0 Å². The van der Waals surface area contributed by atoms with Crippen LogP contribution >= 0.6 is 0 Å². The number of carbonyl (C=O) groups is 1. The fourth-order valence-corrected chi connectivity index (χ4v) is 0.665. The average Bonchev–Trinajstić information content (AvgIpc) is 2.38. The van der Waals surface area contributed by atoms with Gasteiger partial charge in [-0.3, -0.25) is 4.79 Å². The molecule has 0 aliphatic rings. The Morgan fingerprint density at radius 3 is 3.00 bits per heavy atom. The van der Waals surface area contributed by atoms with Crippen LogP contribution in [0.15, 0.2) is 12.7 Å². The smallest absolute Gasteiger partial charge is 0.248 e. The molecule has 0 radical (unpaired) electrons. The molecule has 1 aromatic heterocycles. The van der Waals surface area contributed by atoms with Crippen LogP contribution < -0.4 is 0 Å². The third-order valence-electron chi connectivity index (χ3n) is 1.14. The predicted molar refractivity (Wildman–Crippen MR) is 35.6 cm³/mol. The zero-order valence-corrected chi connectivity index (χ0v) is 5.82. The first-order valence-electron chi connectivity index (χ1n) is 3.22. The maximum absolute atomic E-state index is 11.0. The molecular weight excluding hydrogens is 130 g/mol. The Kier molecular flexibility index (Phi) is 2.15. The monoisotopic (exact) mass is 139 g/mol. The maximum Gasteiger partial charge on any atom is 0.248 e. The molecule has 10 heavy (non-hydrogen) atoms. The molecule has 4 nitrogen and oxygen atoms in total. The maximum atomic E-state index is 11.0. The fourth-order valence-electron chi connectivity index (χ4n) is 0.665. The van der Waals surface area contributed by atoms with Crippen LogP contribution in [0, 0.1) is 0 Å². The second-order valence-corrected chi connectivity index (χ2v) is 1.98. The van der Waals surface area contributed by atoms with E-state index in [0.717, 1.165) is 6.42 Å². The highest BCUT2D eigenvalue weighted by atomic mass is 16.2. The molecular formula is C6H9N3O. The standard InChI is InChI=1S/C6H9N3O/c1-2-3-6(10)9-5-7-4-8-9/h4-5H,2-3H2,1H3. The summed E-state index contributed by atoms with van der Waals surface area (Å²) in [6.45, 7) is 1.95. The number of rotatable bonds is 2. The average molecular weight is 139 g/mol. The van der Waals surface area contributed by atoms with Crippen molar-refractivity contribution in [3.63, 3.8) is 0 Å². The lowest BCUT2D eigenvalue weighted by molar-refractivity contribution is 0.0885. The van der Waals surface area contributed by atoms with E-state index in [1.165, 1.54) is 17.3 Å². The molecule has 1 aromatic rings. The Balaban J connectivity index is 2.59. The summed E-state index contributed by atoms with van der Waals surface area (Å²) in [4.78, 5) is 14.6. The highest BCUT2D eigenvalue weighted by Crippen LogP contribution is 1.90. The van der Waals surface area contributed by atoms with Crippen LogP contribution in [-0.4, -0.2) is 20.7 Å². The quantitative estimate of drug-likeness (QED) is 0.606. The molecule has 4 heteroatoms. The van der Waals surface area contributed by atoms with Gasteiger partial charge >= 0.3 is 0 Å². The lowest BCUT2D eigenvalue weighted by atomic mass is 10.3. The van der Waals surface area contributed by atoms with Gasteiger partial charge in [0.2, 0.25) is 5.91 Å². The van der Waals surface area contributed by atoms with Crippen molar-refractivity contribution in [1.29, 1.82) is 0 Å². The van der Waals surface area contributed by atoms with Gasteiger partial charge in [0.15, 0.2) is 0 Å². The molecule has 0 aliphatic carbocycles. The van der Waals surface area contributed by atoms with Gasteiger partial charge in [-0.05, 0) is 6.42 Å². The summed E-state index contributed by atoms with van der Waals surface area (Å²) in [7, 11) is 0. The fraction of sp³-hybridized carbons (Fsp3) is 0.500. The summed E-state index contributed by atoms with van der Waals surface area (Å²) in [5, 5.41) is 3.69.